The average molecular weight is 166 g/mol. The topological polar surface area (TPSA) is 37.3 Å². The molecule has 0 amide bonds. The van der Waals surface area contributed by atoms with E-state index in [1.807, 2.05) is 0 Å². The Hall–Kier alpha value is -0.970. The summed E-state index contributed by atoms with van der Waals surface area (Å²) >= 11 is 0. The van der Waals surface area contributed by atoms with E-state index in [0.717, 1.165) is 12.8 Å². The van der Waals surface area contributed by atoms with Crippen molar-refractivity contribution in [1.29, 1.82) is 0 Å². The van der Waals surface area contributed by atoms with E-state index < -0.39 is 5.97 Å². The summed E-state index contributed by atoms with van der Waals surface area (Å²) in [6, 6.07) is 0. The van der Waals surface area contributed by atoms with Crippen LogP contribution in [0.4, 0.5) is 0 Å². The Labute approximate surface area is 73.0 Å². The number of rotatable bonds is 0. The minimum absolute atomic E-state index is 0.337. The number of hydrogen-bond donors (Lipinski definition) is 1. The van der Waals surface area contributed by atoms with Gasteiger partial charge in [-0.1, -0.05) is 31.6 Å². The molecule has 1 N–H and O–H groups in total. The van der Waals surface area contributed by atoms with E-state index in [2.05, 4.69) is 11.8 Å². The number of aliphatic carboxylic acids is 1. The van der Waals surface area contributed by atoms with Crippen molar-refractivity contribution in [3.8, 4) is 11.8 Å². The lowest BCUT2D eigenvalue weighted by molar-refractivity contribution is -0.130. The zero-order valence-electron chi connectivity index (χ0n) is 7.18. The van der Waals surface area contributed by atoms with E-state index in [1.165, 1.54) is 25.7 Å². The zero-order chi connectivity index (χ0) is 8.81. The summed E-state index contributed by atoms with van der Waals surface area (Å²) < 4.78 is 0. The second kappa shape index (κ2) is 4.82. The molecule has 2 nitrogen and oxygen atoms in total. The van der Waals surface area contributed by atoms with Gasteiger partial charge in [0.25, 0.3) is 0 Å². The van der Waals surface area contributed by atoms with Crippen molar-refractivity contribution in [2.24, 2.45) is 5.92 Å². The van der Waals surface area contributed by atoms with E-state index in [4.69, 9.17) is 5.11 Å². The van der Waals surface area contributed by atoms with Crippen LogP contribution in [-0.4, -0.2) is 11.1 Å². The minimum atomic E-state index is -1.00. The first-order chi connectivity index (χ1) is 5.79. The first kappa shape index (κ1) is 9.12. The largest absolute Gasteiger partial charge is 0.472 e. The smallest absolute Gasteiger partial charge is 0.381 e. The van der Waals surface area contributed by atoms with Gasteiger partial charge in [-0.05, 0) is 12.8 Å². The fourth-order valence-electron chi connectivity index (χ4n) is 1.59. The van der Waals surface area contributed by atoms with Crippen molar-refractivity contribution < 1.29 is 9.90 Å². The van der Waals surface area contributed by atoms with Gasteiger partial charge in [0.05, 0.1) is 0 Å². The fourth-order valence-corrected chi connectivity index (χ4v) is 1.59. The second-order valence-electron chi connectivity index (χ2n) is 3.26. The molecule has 1 saturated carbocycles. The van der Waals surface area contributed by atoms with Gasteiger partial charge in [0, 0.05) is 11.8 Å². The molecule has 0 aromatic rings. The third kappa shape index (κ3) is 3.43. The summed E-state index contributed by atoms with van der Waals surface area (Å²) in [6.45, 7) is 0. The number of carboxylic acids is 1. The van der Waals surface area contributed by atoms with Crippen LogP contribution in [-0.2, 0) is 4.79 Å². The Kier molecular flexibility index (Phi) is 3.66. The average Bonchev–Trinajstić information content (AvgIpc) is 2.28. The van der Waals surface area contributed by atoms with Gasteiger partial charge < -0.3 is 5.11 Å². The molecule has 0 aromatic heterocycles. The molecule has 66 valence electrons. The summed E-state index contributed by atoms with van der Waals surface area (Å²) in [5.74, 6) is 4.36. The Morgan fingerprint density at radius 3 is 2.25 bits per heavy atom. The first-order valence-corrected chi connectivity index (χ1v) is 4.53. The molecule has 0 unspecified atom stereocenters. The van der Waals surface area contributed by atoms with E-state index in [1.54, 1.807) is 0 Å². The Morgan fingerprint density at radius 1 is 1.17 bits per heavy atom. The minimum Gasteiger partial charge on any atom is -0.472 e. The lowest BCUT2D eigenvalue weighted by Crippen LogP contribution is -1.96. The highest BCUT2D eigenvalue weighted by molar-refractivity contribution is 5.86. The van der Waals surface area contributed by atoms with Crippen molar-refractivity contribution in [2.45, 2.75) is 38.5 Å². The number of hydrogen-bond acceptors (Lipinski definition) is 1. The maximum absolute atomic E-state index is 10.2. The van der Waals surface area contributed by atoms with Crippen molar-refractivity contribution in [2.75, 3.05) is 0 Å². The van der Waals surface area contributed by atoms with Crippen LogP contribution < -0.4 is 0 Å². The first-order valence-electron chi connectivity index (χ1n) is 4.53. The monoisotopic (exact) mass is 166 g/mol. The molecule has 0 heterocycles. The molecule has 0 atom stereocenters. The van der Waals surface area contributed by atoms with E-state index in [0.29, 0.717) is 5.92 Å². The summed E-state index contributed by atoms with van der Waals surface area (Å²) in [4.78, 5) is 10.2. The molecule has 0 bridgehead atoms. The van der Waals surface area contributed by atoms with Crippen LogP contribution in [0, 0.1) is 17.8 Å². The second-order valence-corrected chi connectivity index (χ2v) is 3.26. The molecule has 12 heavy (non-hydrogen) atoms. The Balaban J connectivity index is 2.40. The van der Waals surface area contributed by atoms with E-state index >= 15 is 0 Å². The van der Waals surface area contributed by atoms with Crippen LogP contribution in [0.2, 0.25) is 0 Å². The molecule has 0 spiro atoms. The van der Waals surface area contributed by atoms with E-state index in [-0.39, 0.29) is 0 Å². The standard InChI is InChI=1S/C10H14O2/c11-10(12)8-7-9-5-3-1-2-4-6-9/h9H,1-6H2,(H,11,12). The van der Waals surface area contributed by atoms with Gasteiger partial charge >= 0.3 is 5.97 Å². The summed E-state index contributed by atoms with van der Waals surface area (Å²) in [7, 11) is 0. The van der Waals surface area contributed by atoms with Crippen molar-refractivity contribution in [1.82, 2.24) is 0 Å². The third-order valence-electron chi connectivity index (χ3n) is 2.24. The van der Waals surface area contributed by atoms with Crippen LogP contribution in [0.1, 0.15) is 38.5 Å². The summed E-state index contributed by atoms with van der Waals surface area (Å²) in [6.07, 6.45) is 7.15. The highest BCUT2D eigenvalue weighted by Crippen LogP contribution is 2.21. The van der Waals surface area contributed by atoms with Gasteiger partial charge in [-0.2, -0.15) is 0 Å². The maximum atomic E-state index is 10.2. The summed E-state index contributed by atoms with van der Waals surface area (Å²) in [5.41, 5.74) is 0. The van der Waals surface area contributed by atoms with Gasteiger partial charge in [0.2, 0.25) is 0 Å². The molecule has 1 aliphatic carbocycles. The Morgan fingerprint density at radius 2 is 1.75 bits per heavy atom. The van der Waals surface area contributed by atoms with Crippen LogP contribution in [0.3, 0.4) is 0 Å². The van der Waals surface area contributed by atoms with E-state index in [9.17, 15) is 4.79 Å². The lowest BCUT2D eigenvalue weighted by Gasteiger charge is -2.02. The van der Waals surface area contributed by atoms with Crippen LogP contribution in [0.25, 0.3) is 0 Å². The predicted molar refractivity (Wildman–Crippen MR) is 46.6 cm³/mol. The highest BCUT2D eigenvalue weighted by Gasteiger charge is 2.08. The predicted octanol–water partition coefficient (Wildman–Crippen LogP) is 2.04. The SMILES string of the molecule is O=C(O)C#CC1CCCCCC1. The normalized spacial score (nSPS) is 19.0. The van der Waals surface area contributed by atoms with Gasteiger partial charge in [-0.15, -0.1) is 0 Å². The van der Waals surface area contributed by atoms with Crippen molar-refractivity contribution >= 4 is 5.97 Å². The molecule has 1 aliphatic rings. The lowest BCUT2D eigenvalue weighted by atomic mass is 10.0. The van der Waals surface area contributed by atoms with Crippen LogP contribution in [0.5, 0.6) is 0 Å². The van der Waals surface area contributed by atoms with Gasteiger partial charge in [0.15, 0.2) is 0 Å². The molecular formula is C10H14O2. The molecule has 0 saturated heterocycles. The molecule has 0 aromatic carbocycles. The zero-order valence-corrected chi connectivity index (χ0v) is 7.18. The highest BCUT2D eigenvalue weighted by atomic mass is 16.4. The molecular weight excluding hydrogens is 152 g/mol. The maximum Gasteiger partial charge on any atom is 0.381 e. The van der Waals surface area contributed by atoms with Crippen LogP contribution >= 0.6 is 0 Å². The summed E-state index contributed by atoms with van der Waals surface area (Å²) in [5, 5.41) is 8.34. The molecule has 1 fully saturated rings. The van der Waals surface area contributed by atoms with Crippen LogP contribution in [0.15, 0.2) is 0 Å². The number of carbonyl (C=O) groups is 1. The van der Waals surface area contributed by atoms with Crippen molar-refractivity contribution in [3.05, 3.63) is 0 Å². The fraction of sp³-hybridized carbons (Fsp3) is 0.700. The Bertz CT molecular complexity index is 202. The molecule has 0 aliphatic heterocycles. The third-order valence-corrected chi connectivity index (χ3v) is 2.24. The van der Waals surface area contributed by atoms with Gasteiger partial charge in [-0.25, -0.2) is 4.79 Å². The molecule has 2 heteroatoms. The van der Waals surface area contributed by atoms with Crippen molar-refractivity contribution in [3.63, 3.8) is 0 Å². The van der Waals surface area contributed by atoms with Gasteiger partial charge in [-0.3, -0.25) is 0 Å². The van der Waals surface area contributed by atoms with Gasteiger partial charge in [0.1, 0.15) is 0 Å². The number of carboxylic acid groups (broad SMARTS) is 1. The molecule has 0 radical (unpaired) electrons. The molecule has 1 rings (SSSR count). The quantitative estimate of drug-likeness (QED) is 0.441.